The molecule has 1 aromatic rings. The maximum Gasteiger partial charge on any atom is 0.238 e. The molecule has 1 aromatic carbocycles. The van der Waals surface area contributed by atoms with Crippen LogP contribution in [0, 0.1) is 29.0 Å². The molecule has 2 amide bonds. The van der Waals surface area contributed by atoms with E-state index in [4.69, 9.17) is 5.26 Å². The van der Waals surface area contributed by atoms with Crippen LogP contribution in [0.3, 0.4) is 0 Å². The molecular formula is C15H11FN2O2. The predicted molar refractivity (Wildman–Crippen MR) is 69.0 cm³/mol. The molecule has 20 heavy (non-hydrogen) atoms. The van der Waals surface area contributed by atoms with E-state index < -0.39 is 5.82 Å². The van der Waals surface area contributed by atoms with Crippen molar-refractivity contribution in [3.8, 4) is 6.07 Å². The summed E-state index contributed by atoms with van der Waals surface area (Å²) in [6.45, 7) is 0. The van der Waals surface area contributed by atoms with Gasteiger partial charge in [0.25, 0.3) is 0 Å². The molecule has 100 valence electrons. The van der Waals surface area contributed by atoms with Gasteiger partial charge in [0.1, 0.15) is 11.9 Å². The van der Waals surface area contributed by atoms with Gasteiger partial charge in [-0.1, -0.05) is 12.2 Å². The van der Waals surface area contributed by atoms with Gasteiger partial charge in [0.2, 0.25) is 11.8 Å². The number of benzene rings is 1. The molecule has 0 N–H and O–H groups in total. The Balaban J connectivity index is 2.01. The normalized spacial score (nSPS) is 24.7. The van der Waals surface area contributed by atoms with Crippen LogP contribution in [0.15, 0.2) is 30.4 Å². The van der Waals surface area contributed by atoms with Crippen molar-refractivity contribution in [2.75, 3.05) is 4.90 Å². The van der Waals surface area contributed by atoms with E-state index in [1.807, 2.05) is 12.2 Å². The molecule has 2 aliphatic rings. The molecule has 3 rings (SSSR count). The van der Waals surface area contributed by atoms with Gasteiger partial charge in [-0.05, 0) is 31.0 Å². The summed E-state index contributed by atoms with van der Waals surface area (Å²) in [5.41, 5.74) is 0.100. The minimum Gasteiger partial charge on any atom is -0.274 e. The highest BCUT2D eigenvalue weighted by Gasteiger charge is 2.47. The number of fused-ring (bicyclic) bond motifs is 1. The Kier molecular flexibility index (Phi) is 2.87. The summed E-state index contributed by atoms with van der Waals surface area (Å²) in [5.74, 6) is -1.85. The number of hydrogen-bond acceptors (Lipinski definition) is 3. The number of rotatable bonds is 1. The smallest absolute Gasteiger partial charge is 0.238 e. The zero-order chi connectivity index (χ0) is 14.3. The second-order valence-electron chi connectivity index (χ2n) is 4.94. The summed E-state index contributed by atoms with van der Waals surface area (Å²) < 4.78 is 13.3. The fourth-order valence-corrected chi connectivity index (χ4v) is 2.79. The van der Waals surface area contributed by atoms with E-state index in [-0.39, 0.29) is 34.9 Å². The van der Waals surface area contributed by atoms with Crippen molar-refractivity contribution < 1.29 is 14.0 Å². The van der Waals surface area contributed by atoms with E-state index in [1.54, 1.807) is 6.07 Å². The second-order valence-corrected chi connectivity index (χ2v) is 4.94. The number of anilines is 1. The quantitative estimate of drug-likeness (QED) is 0.580. The SMILES string of the molecule is N#Cc1cc(N2C(=O)[C@H]3CC=CC[C@H]3C2=O)ccc1F. The van der Waals surface area contributed by atoms with Gasteiger partial charge in [-0.2, -0.15) is 5.26 Å². The van der Waals surface area contributed by atoms with E-state index in [9.17, 15) is 14.0 Å². The van der Waals surface area contributed by atoms with Gasteiger partial charge in [-0.15, -0.1) is 0 Å². The van der Waals surface area contributed by atoms with E-state index in [2.05, 4.69) is 0 Å². The second kappa shape index (κ2) is 4.57. The Bertz CT molecular complexity index is 649. The van der Waals surface area contributed by atoms with Gasteiger partial charge in [-0.25, -0.2) is 9.29 Å². The molecule has 5 heteroatoms. The molecule has 1 aliphatic heterocycles. The lowest BCUT2D eigenvalue weighted by molar-refractivity contribution is -0.122. The minimum atomic E-state index is -0.658. The lowest BCUT2D eigenvalue weighted by atomic mass is 9.85. The molecule has 2 atom stereocenters. The van der Waals surface area contributed by atoms with Crippen molar-refractivity contribution in [2.45, 2.75) is 12.8 Å². The highest BCUT2D eigenvalue weighted by Crippen LogP contribution is 2.37. The van der Waals surface area contributed by atoms with Gasteiger partial charge >= 0.3 is 0 Å². The number of nitrogens with zero attached hydrogens (tertiary/aromatic N) is 2. The maximum absolute atomic E-state index is 13.3. The Morgan fingerprint density at radius 2 is 1.75 bits per heavy atom. The van der Waals surface area contributed by atoms with Crippen LogP contribution >= 0.6 is 0 Å². The lowest BCUT2D eigenvalue weighted by Gasteiger charge is -2.15. The molecule has 0 spiro atoms. The van der Waals surface area contributed by atoms with Crippen LogP contribution in [-0.4, -0.2) is 11.8 Å². The average molecular weight is 270 g/mol. The number of hydrogen-bond donors (Lipinski definition) is 0. The zero-order valence-corrected chi connectivity index (χ0v) is 10.5. The van der Waals surface area contributed by atoms with Crippen LogP contribution < -0.4 is 4.90 Å². The van der Waals surface area contributed by atoms with Gasteiger partial charge < -0.3 is 0 Å². The first-order valence-electron chi connectivity index (χ1n) is 6.36. The van der Waals surface area contributed by atoms with E-state index in [1.165, 1.54) is 12.1 Å². The molecule has 1 saturated heterocycles. The fourth-order valence-electron chi connectivity index (χ4n) is 2.79. The first-order valence-corrected chi connectivity index (χ1v) is 6.36. The highest BCUT2D eigenvalue weighted by molar-refractivity contribution is 6.22. The average Bonchev–Trinajstić information content (AvgIpc) is 2.72. The van der Waals surface area contributed by atoms with Gasteiger partial charge in [0.15, 0.2) is 0 Å². The number of carbonyl (C=O) groups is 2. The van der Waals surface area contributed by atoms with Gasteiger partial charge in [-0.3, -0.25) is 9.59 Å². The van der Waals surface area contributed by atoms with Crippen molar-refractivity contribution in [3.63, 3.8) is 0 Å². The first-order chi connectivity index (χ1) is 9.63. The van der Waals surface area contributed by atoms with Crippen molar-refractivity contribution in [1.82, 2.24) is 0 Å². The Hall–Kier alpha value is -2.48. The summed E-state index contributed by atoms with van der Waals surface area (Å²) in [6, 6.07) is 5.42. The number of allylic oxidation sites excluding steroid dienone is 2. The molecule has 1 fully saturated rings. The van der Waals surface area contributed by atoms with Crippen molar-refractivity contribution >= 4 is 17.5 Å². The lowest BCUT2D eigenvalue weighted by Crippen LogP contribution is -2.30. The topological polar surface area (TPSA) is 61.2 Å². The minimum absolute atomic E-state index is 0.170. The van der Waals surface area contributed by atoms with Crippen LogP contribution in [0.4, 0.5) is 10.1 Å². The van der Waals surface area contributed by atoms with Crippen LogP contribution in [0.5, 0.6) is 0 Å². The monoisotopic (exact) mass is 270 g/mol. The summed E-state index contributed by atoms with van der Waals surface area (Å²) in [6.07, 6.45) is 4.92. The third kappa shape index (κ3) is 1.73. The predicted octanol–water partition coefficient (Wildman–Crippen LogP) is 2.15. The number of amides is 2. The van der Waals surface area contributed by atoms with Gasteiger partial charge in [0.05, 0.1) is 23.1 Å². The molecule has 0 radical (unpaired) electrons. The van der Waals surface area contributed by atoms with E-state index in [0.29, 0.717) is 12.8 Å². The molecule has 1 heterocycles. The number of nitriles is 1. The molecular weight excluding hydrogens is 259 g/mol. The van der Waals surface area contributed by atoms with Crippen LogP contribution in [0.1, 0.15) is 18.4 Å². The van der Waals surface area contributed by atoms with Crippen LogP contribution in [-0.2, 0) is 9.59 Å². The third-order valence-electron chi connectivity index (χ3n) is 3.84. The molecule has 1 aliphatic carbocycles. The maximum atomic E-state index is 13.3. The van der Waals surface area contributed by atoms with Crippen LogP contribution in [0.25, 0.3) is 0 Å². The van der Waals surface area contributed by atoms with Crippen LogP contribution in [0.2, 0.25) is 0 Å². The van der Waals surface area contributed by atoms with Gasteiger partial charge in [0, 0.05) is 0 Å². The Morgan fingerprint density at radius 1 is 1.15 bits per heavy atom. The molecule has 0 bridgehead atoms. The summed E-state index contributed by atoms with van der Waals surface area (Å²) in [7, 11) is 0. The summed E-state index contributed by atoms with van der Waals surface area (Å²) >= 11 is 0. The third-order valence-corrected chi connectivity index (χ3v) is 3.84. The Morgan fingerprint density at radius 3 is 2.30 bits per heavy atom. The first kappa shape index (κ1) is 12.5. The van der Waals surface area contributed by atoms with Crippen molar-refractivity contribution in [3.05, 3.63) is 41.7 Å². The van der Waals surface area contributed by atoms with Crippen molar-refractivity contribution in [2.24, 2.45) is 11.8 Å². The zero-order valence-electron chi connectivity index (χ0n) is 10.5. The fraction of sp³-hybridized carbons (Fsp3) is 0.267. The molecule has 0 saturated carbocycles. The molecule has 0 unspecified atom stereocenters. The number of halogens is 1. The number of carbonyl (C=O) groups excluding carboxylic acids is 2. The highest BCUT2D eigenvalue weighted by atomic mass is 19.1. The molecule has 0 aromatic heterocycles. The van der Waals surface area contributed by atoms with E-state index >= 15 is 0 Å². The summed E-state index contributed by atoms with van der Waals surface area (Å²) in [5, 5.41) is 8.84. The van der Waals surface area contributed by atoms with Crippen molar-refractivity contribution in [1.29, 1.82) is 5.26 Å². The van der Waals surface area contributed by atoms with E-state index in [0.717, 1.165) is 11.0 Å². The standard InChI is InChI=1S/C15H11FN2O2/c16-13-6-5-10(7-9(13)8-17)18-14(19)11-3-1-2-4-12(11)15(18)20/h1-2,5-7,11-12H,3-4H2/t11-,12+. The Labute approximate surface area is 115 Å². The molecule has 4 nitrogen and oxygen atoms in total. The largest absolute Gasteiger partial charge is 0.274 e. The summed E-state index contributed by atoms with van der Waals surface area (Å²) in [4.78, 5) is 25.7. The number of imide groups is 1.